The summed E-state index contributed by atoms with van der Waals surface area (Å²) in [5.74, 6) is -1.43. The quantitative estimate of drug-likeness (QED) is 0.683. The standard InChI is InChI=1S/C17H13NO3S2/c1-10(16(20)21)18-15(19)14(23-17(18)22)9-12-7-4-6-11-5-2-3-8-13(11)12/h2-10H,1H3,(H,20,21)/b14-9-/t10-/m1/s1. The number of benzene rings is 2. The molecule has 1 heterocycles. The minimum Gasteiger partial charge on any atom is -0.480 e. The van der Waals surface area contributed by atoms with Crippen molar-refractivity contribution in [3.63, 3.8) is 0 Å². The molecular formula is C17H13NO3S2. The summed E-state index contributed by atoms with van der Waals surface area (Å²) < 4.78 is 0.274. The van der Waals surface area contributed by atoms with E-state index in [-0.39, 0.29) is 10.2 Å². The molecule has 2 aromatic carbocycles. The Hall–Kier alpha value is -2.18. The zero-order valence-electron chi connectivity index (χ0n) is 12.2. The normalized spacial score (nSPS) is 18.0. The van der Waals surface area contributed by atoms with E-state index >= 15 is 0 Å². The first-order chi connectivity index (χ1) is 11.0. The van der Waals surface area contributed by atoms with Gasteiger partial charge in [0.15, 0.2) is 0 Å². The maximum Gasteiger partial charge on any atom is 0.326 e. The lowest BCUT2D eigenvalue weighted by Gasteiger charge is -2.18. The summed E-state index contributed by atoms with van der Waals surface area (Å²) in [4.78, 5) is 25.2. The third-order valence-electron chi connectivity index (χ3n) is 3.68. The maximum atomic E-state index is 12.5. The summed E-state index contributed by atoms with van der Waals surface area (Å²) in [5, 5.41) is 11.2. The minimum absolute atomic E-state index is 0.274. The molecule has 1 fully saturated rings. The molecule has 1 aliphatic heterocycles. The topological polar surface area (TPSA) is 57.6 Å². The van der Waals surface area contributed by atoms with E-state index in [0.29, 0.717) is 4.91 Å². The Balaban J connectivity index is 2.02. The summed E-state index contributed by atoms with van der Waals surface area (Å²) in [6.07, 6.45) is 1.77. The van der Waals surface area contributed by atoms with Crippen LogP contribution in [-0.4, -0.2) is 32.2 Å². The summed E-state index contributed by atoms with van der Waals surface area (Å²) in [6, 6.07) is 12.8. The Morgan fingerprint density at radius 3 is 2.70 bits per heavy atom. The van der Waals surface area contributed by atoms with Gasteiger partial charge in [-0.2, -0.15) is 0 Å². The number of hydrogen-bond donors (Lipinski definition) is 1. The van der Waals surface area contributed by atoms with Crippen LogP contribution in [0, 0.1) is 0 Å². The van der Waals surface area contributed by atoms with Crippen molar-refractivity contribution in [2.45, 2.75) is 13.0 Å². The number of thioether (sulfide) groups is 1. The summed E-state index contributed by atoms with van der Waals surface area (Å²) in [7, 11) is 0. The summed E-state index contributed by atoms with van der Waals surface area (Å²) in [5.41, 5.74) is 0.909. The van der Waals surface area contributed by atoms with Gasteiger partial charge in [-0.3, -0.25) is 9.69 Å². The molecule has 23 heavy (non-hydrogen) atoms. The van der Waals surface area contributed by atoms with Gasteiger partial charge in [-0.1, -0.05) is 66.4 Å². The van der Waals surface area contributed by atoms with E-state index in [4.69, 9.17) is 17.3 Å². The smallest absolute Gasteiger partial charge is 0.326 e. The van der Waals surface area contributed by atoms with Crippen LogP contribution in [0.5, 0.6) is 0 Å². The van der Waals surface area contributed by atoms with Gasteiger partial charge in [0.2, 0.25) is 0 Å². The van der Waals surface area contributed by atoms with Crippen LogP contribution < -0.4 is 0 Å². The van der Waals surface area contributed by atoms with Gasteiger partial charge in [-0.25, -0.2) is 4.79 Å². The first-order valence-electron chi connectivity index (χ1n) is 6.96. The van der Waals surface area contributed by atoms with E-state index in [2.05, 4.69) is 0 Å². The predicted octanol–water partition coefficient (Wildman–Crippen LogP) is 3.51. The molecule has 4 nitrogen and oxygen atoms in total. The Morgan fingerprint density at radius 1 is 1.26 bits per heavy atom. The lowest BCUT2D eigenvalue weighted by atomic mass is 10.0. The average molecular weight is 343 g/mol. The Kier molecular flexibility index (Phi) is 4.19. The molecule has 0 bridgehead atoms. The highest BCUT2D eigenvalue weighted by atomic mass is 32.2. The van der Waals surface area contributed by atoms with Gasteiger partial charge in [-0.05, 0) is 29.3 Å². The van der Waals surface area contributed by atoms with Crippen molar-refractivity contribution >= 4 is 57.0 Å². The zero-order valence-corrected chi connectivity index (χ0v) is 13.9. The van der Waals surface area contributed by atoms with Crippen LogP contribution in [-0.2, 0) is 9.59 Å². The van der Waals surface area contributed by atoms with Crippen LogP contribution in [0.25, 0.3) is 16.8 Å². The average Bonchev–Trinajstić information content (AvgIpc) is 2.81. The van der Waals surface area contributed by atoms with Crippen molar-refractivity contribution < 1.29 is 14.7 Å². The number of carbonyl (C=O) groups excluding carboxylic acids is 1. The fourth-order valence-electron chi connectivity index (χ4n) is 2.44. The zero-order chi connectivity index (χ0) is 16.6. The van der Waals surface area contributed by atoms with Crippen LogP contribution in [0.1, 0.15) is 12.5 Å². The second-order valence-electron chi connectivity index (χ2n) is 5.13. The fourth-order valence-corrected chi connectivity index (χ4v) is 3.85. The highest BCUT2D eigenvalue weighted by Crippen LogP contribution is 2.35. The maximum absolute atomic E-state index is 12.5. The lowest BCUT2D eigenvalue weighted by Crippen LogP contribution is -2.41. The van der Waals surface area contributed by atoms with Crippen molar-refractivity contribution in [1.29, 1.82) is 0 Å². The molecule has 0 saturated carbocycles. The third kappa shape index (κ3) is 2.87. The third-order valence-corrected chi connectivity index (χ3v) is 5.01. The molecule has 0 aromatic heterocycles. The molecule has 6 heteroatoms. The Labute approximate surface area is 142 Å². The number of carboxylic acid groups (broad SMARTS) is 1. The lowest BCUT2D eigenvalue weighted by molar-refractivity contribution is -0.144. The highest BCUT2D eigenvalue weighted by molar-refractivity contribution is 8.26. The van der Waals surface area contributed by atoms with E-state index < -0.39 is 12.0 Å². The van der Waals surface area contributed by atoms with Gasteiger partial charge in [0.25, 0.3) is 5.91 Å². The van der Waals surface area contributed by atoms with E-state index in [1.807, 2.05) is 42.5 Å². The number of rotatable bonds is 3. The number of thiocarbonyl (C=S) groups is 1. The number of aliphatic carboxylic acids is 1. The van der Waals surface area contributed by atoms with Gasteiger partial charge in [0, 0.05) is 0 Å². The molecule has 0 radical (unpaired) electrons. The van der Waals surface area contributed by atoms with Gasteiger partial charge in [0.05, 0.1) is 4.91 Å². The molecule has 1 saturated heterocycles. The number of amides is 1. The largest absolute Gasteiger partial charge is 0.480 e. The van der Waals surface area contributed by atoms with Gasteiger partial charge < -0.3 is 5.11 Å². The van der Waals surface area contributed by atoms with E-state index in [1.54, 1.807) is 6.08 Å². The second-order valence-corrected chi connectivity index (χ2v) is 6.81. The van der Waals surface area contributed by atoms with Crippen molar-refractivity contribution in [1.82, 2.24) is 4.90 Å². The summed E-state index contributed by atoms with van der Waals surface area (Å²) >= 11 is 6.30. The number of hydrogen-bond acceptors (Lipinski definition) is 4. The molecule has 1 atom stereocenters. The number of nitrogens with zero attached hydrogens (tertiary/aromatic N) is 1. The Morgan fingerprint density at radius 2 is 1.96 bits per heavy atom. The molecule has 0 spiro atoms. The monoisotopic (exact) mass is 343 g/mol. The number of carboxylic acids is 1. The van der Waals surface area contributed by atoms with Crippen LogP contribution in [0.3, 0.4) is 0 Å². The predicted molar refractivity (Wildman–Crippen MR) is 96.1 cm³/mol. The second kappa shape index (κ2) is 6.14. The van der Waals surface area contributed by atoms with Crippen LogP contribution in [0.2, 0.25) is 0 Å². The number of carbonyl (C=O) groups is 2. The summed E-state index contributed by atoms with van der Waals surface area (Å²) in [6.45, 7) is 1.45. The highest BCUT2D eigenvalue weighted by Gasteiger charge is 2.38. The molecular weight excluding hydrogens is 330 g/mol. The molecule has 3 rings (SSSR count). The molecule has 0 unspecified atom stereocenters. The molecule has 0 aliphatic carbocycles. The van der Waals surface area contributed by atoms with Crippen molar-refractivity contribution in [2.24, 2.45) is 0 Å². The van der Waals surface area contributed by atoms with Crippen LogP contribution in [0.4, 0.5) is 0 Å². The first kappa shape index (κ1) is 15.7. The molecule has 1 aliphatic rings. The molecule has 116 valence electrons. The Bertz CT molecular complexity index is 855. The number of fused-ring (bicyclic) bond motifs is 1. The van der Waals surface area contributed by atoms with Crippen molar-refractivity contribution in [3.8, 4) is 0 Å². The van der Waals surface area contributed by atoms with Crippen LogP contribution in [0.15, 0.2) is 47.4 Å². The SMILES string of the molecule is C[C@H](C(=O)O)N1C(=O)/C(=C/c2cccc3ccccc23)SC1=S. The van der Waals surface area contributed by atoms with Gasteiger partial charge in [-0.15, -0.1) is 0 Å². The molecule has 1 N–H and O–H groups in total. The van der Waals surface area contributed by atoms with Crippen molar-refractivity contribution in [2.75, 3.05) is 0 Å². The van der Waals surface area contributed by atoms with Gasteiger partial charge >= 0.3 is 5.97 Å². The van der Waals surface area contributed by atoms with Crippen molar-refractivity contribution in [3.05, 3.63) is 52.9 Å². The first-order valence-corrected chi connectivity index (χ1v) is 8.19. The molecule has 2 aromatic rings. The molecule has 1 amide bonds. The van der Waals surface area contributed by atoms with Gasteiger partial charge in [0.1, 0.15) is 10.4 Å². The van der Waals surface area contributed by atoms with E-state index in [1.165, 1.54) is 6.92 Å². The van der Waals surface area contributed by atoms with E-state index in [9.17, 15) is 9.59 Å². The van der Waals surface area contributed by atoms with Crippen LogP contribution >= 0.6 is 24.0 Å². The minimum atomic E-state index is -1.08. The fraction of sp³-hybridized carbons (Fsp3) is 0.118. The van der Waals surface area contributed by atoms with E-state index in [0.717, 1.165) is 33.0 Å².